The summed E-state index contributed by atoms with van der Waals surface area (Å²) < 4.78 is 7.06. The molecule has 0 spiro atoms. The third kappa shape index (κ3) is 5.21. The molecule has 1 amide bonds. The predicted octanol–water partition coefficient (Wildman–Crippen LogP) is 5.61. The number of ether oxygens (including phenoxy) is 1. The van der Waals surface area contributed by atoms with E-state index in [1.54, 1.807) is 30.5 Å². The van der Waals surface area contributed by atoms with E-state index >= 15 is 0 Å². The summed E-state index contributed by atoms with van der Waals surface area (Å²) in [5.41, 5.74) is 6.22. The van der Waals surface area contributed by atoms with Crippen LogP contribution in [0, 0.1) is 13.8 Å². The lowest BCUT2D eigenvalue weighted by atomic mass is 9.96. The second-order valence-electron chi connectivity index (χ2n) is 9.32. The first-order chi connectivity index (χ1) is 18.8. The van der Waals surface area contributed by atoms with Crippen LogP contribution in [-0.4, -0.2) is 39.4 Å². The summed E-state index contributed by atoms with van der Waals surface area (Å²) in [6.07, 6.45) is 1.77. The minimum Gasteiger partial charge on any atom is -0.508 e. The topological polar surface area (TPSA) is 91.7 Å². The number of aryl methyl sites for hydroxylation is 1. The Hall–Kier alpha value is -3.92. The zero-order valence-corrected chi connectivity index (χ0v) is 23.3. The van der Waals surface area contributed by atoms with E-state index in [1.165, 1.54) is 7.11 Å². The number of phenolic OH excluding ortho intramolecular Hbond substituents is 1. The number of nitrogens with zero attached hydrogens (tertiary/aromatic N) is 3. The van der Waals surface area contributed by atoms with Gasteiger partial charge in [-0.15, -0.1) is 0 Å². The number of thiocarbonyl (C=S) groups is 1. The minimum absolute atomic E-state index is 0.0668. The molecule has 8 nitrogen and oxygen atoms in total. The number of carbonyl (C=O) groups excluding carboxylic acids is 1. The molecule has 5 rings (SSSR count). The molecule has 1 aliphatic heterocycles. The molecule has 39 heavy (non-hydrogen) atoms. The molecule has 2 aromatic carbocycles. The molecule has 0 bridgehead atoms. The number of methoxy groups -OCH3 is 1. The Kier molecular flexibility index (Phi) is 7.56. The summed E-state index contributed by atoms with van der Waals surface area (Å²) >= 11 is 12.5. The van der Waals surface area contributed by atoms with Crippen molar-refractivity contribution in [1.29, 1.82) is 0 Å². The molecule has 1 aliphatic rings. The largest absolute Gasteiger partial charge is 0.508 e. The van der Waals surface area contributed by atoms with E-state index in [0.717, 1.165) is 34.0 Å². The maximum atomic E-state index is 12.0. The molecule has 0 aliphatic carbocycles. The van der Waals surface area contributed by atoms with Crippen LogP contribution in [0.15, 0.2) is 72.9 Å². The smallest absolute Gasteiger partial charge is 0.250 e. The number of amides is 1. The normalized spacial score (nSPS) is 16.8. The molecule has 4 aromatic rings. The number of pyridine rings is 1. The van der Waals surface area contributed by atoms with Crippen LogP contribution in [0.4, 0.5) is 11.4 Å². The molecule has 3 N–H and O–H groups in total. The zero-order chi connectivity index (χ0) is 27.7. The zero-order valence-electron chi connectivity index (χ0n) is 21.7. The van der Waals surface area contributed by atoms with Crippen LogP contribution < -0.4 is 15.5 Å². The number of halogens is 1. The standard InChI is InChI=1S/C29H28ClN5O3S/c1-17-14-22(18(2)34(17)19-7-10-21(36)11-8-19)28-27(25-6-4-5-13-31-25)33-29(39)35(28)20-9-12-24(23(30)15-20)32-26(37)16-38-3/h4-15,27-28,36H,16H2,1-3H3,(H,32,37)(H,33,39)/t27-,28-/m0/s1. The van der Waals surface area contributed by atoms with Crippen LogP contribution in [-0.2, 0) is 9.53 Å². The molecule has 3 heterocycles. The minimum atomic E-state index is -0.291. The van der Waals surface area contributed by atoms with Gasteiger partial charge in [-0.1, -0.05) is 17.7 Å². The summed E-state index contributed by atoms with van der Waals surface area (Å²) in [4.78, 5) is 18.7. The fourth-order valence-corrected chi connectivity index (χ4v) is 5.68. The van der Waals surface area contributed by atoms with Crippen molar-refractivity contribution in [3.05, 3.63) is 101 Å². The monoisotopic (exact) mass is 561 g/mol. The van der Waals surface area contributed by atoms with Crippen LogP contribution >= 0.6 is 23.8 Å². The van der Waals surface area contributed by atoms with Crippen molar-refractivity contribution in [2.45, 2.75) is 25.9 Å². The van der Waals surface area contributed by atoms with Crippen molar-refractivity contribution in [3.63, 3.8) is 0 Å². The highest BCUT2D eigenvalue weighted by Crippen LogP contribution is 2.44. The Morgan fingerprint density at radius 2 is 1.87 bits per heavy atom. The average molecular weight is 562 g/mol. The number of aromatic nitrogens is 2. The molecular weight excluding hydrogens is 534 g/mol. The molecule has 200 valence electrons. The molecule has 0 radical (unpaired) electrons. The third-order valence-electron chi connectivity index (χ3n) is 6.78. The van der Waals surface area contributed by atoms with Crippen molar-refractivity contribution in [3.8, 4) is 11.4 Å². The van der Waals surface area contributed by atoms with Crippen molar-refractivity contribution in [2.24, 2.45) is 0 Å². The van der Waals surface area contributed by atoms with E-state index in [2.05, 4.69) is 40.1 Å². The number of nitrogens with one attached hydrogen (secondary N) is 2. The number of carbonyl (C=O) groups is 1. The van der Waals surface area contributed by atoms with Crippen LogP contribution in [0.2, 0.25) is 5.02 Å². The van der Waals surface area contributed by atoms with E-state index in [1.807, 2.05) is 41.3 Å². The number of hydrogen-bond acceptors (Lipinski definition) is 5. The first kappa shape index (κ1) is 26.7. The number of phenols is 1. The Morgan fingerprint density at radius 1 is 1.13 bits per heavy atom. The Morgan fingerprint density at radius 3 is 2.54 bits per heavy atom. The second kappa shape index (κ2) is 11.1. The van der Waals surface area contributed by atoms with Gasteiger partial charge in [0, 0.05) is 36.1 Å². The number of hydrogen-bond donors (Lipinski definition) is 3. The van der Waals surface area contributed by atoms with Gasteiger partial charge < -0.3 is 29.9 Å². The molecule has 1 fully saturated rings. The predicted molar refractivity (Wildman–Crippen MR) is 157 cm³/mol. The molecule has 0 saturated carbocycles. The number of anilines is 2. The van der Waals surface area contributed by atoms with Gasteiger partial charge in [0.2, 0.25) is 5.91 Å². The number of aromatic hydroxyl groups is 1. The average Bonchev–Trinajstić information content (AvgIpc) is 3.41. The van der Waals surface area contributed by atoms with Gasteiger partial charge in [-0.25, -0.2) is 0 Å². The van der Waals surface area contributed by atoms with E-state index in [4.69, 9.17) is 28.6 Å². The van der Waals surface area contributed by atoms with Gasteiger partial charge in [0.1, 0.15) is 12.4 Å². The van der Waals surface area contributed by atoms with Gasteiger partial charge in [0.05, 0.1) is 28.5 Å². The SMILES string of the molecule is COCC(=O)Nc1ccc(N2C(=S)N[C@@H](c3ccccn3)[C@@H]2c2cc(C)n(-c3ccc(O)cc3)c2C)cc1Cl. The fourth-order valence-electron chi connectivity index (χ4n) is 5.11. The molecule has 2 aromatic heterocycles. The van der Waals surface area contributed by atoms with Crippen LogP contribution in [0.25, 0.3) is 5.69 Å². The van der Waals surface area contributed by atoms with E-state index in [0.29, 0.717) is 15.8 Å². The van der Waals surface area contributed by atoms with Crippen LogP contribution in [0.1, 0.15) is 34.7 Å². The van der Waals surface area contributed by atoms with Gasteiger partial charge in [0.15, 0.2) is 5.11 Å². The van der Waals surface area contributed by atoms with E-state index < -0.39 is 0 Å². The Bertz CT molecular complexity index is 1520. The van der Waals surface area contributed by atoms with E-state index in [9.17, 15) is 9.90 Å². The summed E-state index contributed by atoms with van der Waals surface area (Å²) in [6, 6.07) is 20.1. The molecule has 1 saturated heterocycles. The van der Waals surface area contributed by atoms with E-state index in [-0.39, 0.29) is 30.3 Å². The lowest BCUT2D eigenvalue weighted by molar-refractivity contribution is -0.119. The van der Waals surface area contributed by atoms with Crippen molar-refractivity contribution in [1.82, 2.24) is 14.9 Å². The van der Waals surface area contributed by atoms with Crippen LogP contribution in [0.5, 0.6) is 5.75 Å². The molecule has 10 heteroatoms. The first-order valence-electron chi connectivity index (χ1n) is 12.4. The summed E-state index contributed by atoms with van der Waals surface area (Å²) in [6.45, 7) is 4.06. The quantitative estimate of drug-likeness (QED) is 0.253. The molecular formula is C29H28ClN5O3S. The van der Waals surface area contributed by atoms with Crippen molar-refractivity contribution >= 4 is 46.2 Å². The lowest BCUT2D eigenvalue weighted by Crippen LogP contribution is -2.29. The maximum absolute atomic E-state index is 12.0. The lowest BCUT2D eigenvalue weighted by Gasteiger charge is -2.28. The Labute approximate surface area is 237 Å². The summed E-state index contributed by atoms with van der Waals surface area (Å²) in [7, 11) is 1.46. The van der Waals surface area contributed by atoms with Gasteiger partial charge in [-0.05, 0) is 92.3 Å². The number of rotatable bonds is 7. The highest BCUT2D eigenvalue weighted by molar-refractivity contribution is 7.80. The van der Waals surface area contributed by atoms with Crippen LogP contribution in [0.3, 0.4) is 0 Å². The highest BCUT2D eigenvalue weighted by atomic mass is 35.5. The highest BCUT2D eigenvalue weighted by Gasteiger charge is 2.42. The Balaban J connectivity index is 1.60. The molecule has 0 unspecified atom stereocenters. The summed E-state index contributed by atoms with van der Waals surface area (Å²) in [5.74, 6) is -0.0767. The summed E-state index contributed by atoms with van der Waals surface area (Å²) in [5, 5.41) is 17.0. The first-order valence-corrected chi connectivity index (χ1v) is 13.1. The number of benzene rings is 2. The second-order valence-corrected chi connectivity index (χ2v) is 10.1. The van der Waals surface area contributed by atoms with Crippen molar-refractivity contribution < 1.29 is 14.6 Å². The third-order valence-corrected chi connectivity index (χ3v) is 7.40. The van der Waals surface area contributed by atoms with Gasteiger partial charge in [-0.2, -0.15) is 0 Å². The van der Waals surface area contributed by atoms with Crippen molar-refractivity contribution in [2.75, 3.05) is 23.9 Å². The van der Waals surface area contributed by atoms with Gasteiger partial charge >= 0.3 is 0 Å². The van der Waals surface area contributed by atoms with Gasteiger partial charge in [-0.3, -0.25) is 9.78 Å². The van der Waals surface area contributed by atoms with Gasteiger partial charge in [0.25, 0.3) is 0 Å². The fraction of sp³-hybridized carbons (Fsp3) is 0.207. The molecule has 2 atom stereocenters. The maximum Gasteiger partial charge on any atom is 0.250 e.